The van der Waals surface area contributed by atoms with Crippen molar-refractivity contribution in [1.82, 2.24) is 10.2 Å². The Bertz CT molecular complexity index is 505. The van der Waals surface area contributed by atoms with Crippen molar-refractivity contribution in [3.05, 3.63) is 0 Å². The molecular formula is C15H24ClN3O4. The first-order valence-corrected chi connectivity index (χ1v) is 7.79. The number of hydrogen-bond donors (Lipinski definition) is 2. The van der Waals surface area contributed by atoms with Crippen molar-refractivity contribution >= 4 is 30.1 Å². The molecule has 8 heteroatoms. The molecule has 0 spiro atoms. The Labute approximate surface area is 141 Å². The van der Waals surface area contributed by atoms with Crippen molar-refractivity contribution in [2.75, 3.05) is 6.54 Å². The van der Waals surface area contributed by atoms with Gasteiger partial charge in [0, 0.05) is 12.1 Å². The van der Waals surface area contributed by atoms with Crippen molar-refractivity contribution in [1.29, 1.82) is 0 Å². The standard InChI is InChI=1S/C15H23N3O4.ClH/c1-7(12(19)17-6-15(2,3)16)18-13(20)10-8-4-5-9(22-8)11(10)14(18)21;/h7-11H,4-6,16H2,1-3H3,(H,17,19);1H. The smallest absolute Gasteiger partial charge is 0.243 e. The van der Waals surface area contributed by atoms with Crippen LogP contribution >= 0.6 is 12.4 Å². The zero-order valence-corrected chi connectivity index (χ0v) is 14.4. The van der Waals surface area contributed by atoms with Crippen molar-refractivity contribution in [3.63, 3.8) is 0 Å². The number of nitrogens with zero attached hydrogens (tertiary/aromatic N) is 1. The van der Waals surface area contributed by atoms with Gasteiger partial charge in [0.1, 0.15) is 6.04 Å². The van der Waals surface area contributed by atoms with Crippen LogP contribution in [0.1, 0.15) is 33.6 Å². The maximum Gasteiger partial charge on any atom is 0.243 e. The van der Waals surface area contributed by atoms with Crippen LogP contribution in [0, 0.1) is 11.8 Å². The summed E-state index contributed by atoms with van der Waals surface area (Å²) in [5.41, 5.74) is 5.29. The molecule has 130 valence electrons. The molecule has 23 heavy (non-hydrogen) atoms. The molecule has 0 aliphatic carbocycles. The van der Waals surface area contributed by atoms with Crippen LogP contribution < -0.4 is 11.1 Å². The van der Waals surface area contributed by atoms with Crippen LogP contribution in [0.15, 0.2) is 0 Å². The predicted octanol–water partition coefficient (Wildman–Crippen LogP) is -0.187. The maximum atomic E-state index is 12.6. The molecule has 0 aromatic rings. The van der Waals surface area contributed by atoms with E-state index < -0.39 is 23.4 Å². The lowest BCUT2D eigenvalue weighted by Gasteiger charge is -2.26. The lowest BCUT2D eigenvalue weighted by atomic mass is 9.81. The molecule has 5 atom stereocenters. The first-order valence-electron chi connectivity index (χ1n) is 7.79. The summed E-state index contributed by atoms with van der Waals surface area (Å²) < 4.78 is 5.68. The van der Waals surface area contributed by atoms with Crippen molar-refractivity contribution in [2.24, 2.45) is 17.6 Å². The Hall–Kier alpha value is -1.18. The van der Waals surface area contributed by atoms with E-state index in [0.717, 1.165) is 17.7 Å². The number of likely N-dealkylation sites (tertiary alicyclic amines) is 1. The van der Waals surface area contributed by atoms with Crippen molar-refractivity contribution in [3.8, 4) is 0 Å². The molecule has 3 heterocycles. The van der Waals surface area contributed by atoms with Gasteiger partial charge in [-0.1, -0.05) is 0 Å². The number of halogens is 1. The second kappa shape index (κ2) is 6.03. The lowest BCUT2D eigenvalue weighted by Crippen LogP contribution is -2.53. The summed E-state index contributed by atoms with van der Waals surface area (Å²) in [5, 5.41) is 2.70. The Morgan fingerprint density at radius 1 is 1.30 bits per heavy atom. The number of nitrogens with one attached hydrogen (secondary N) is 1. The average Bonchev–Trinajstić information content (AvgIpc) is 3.09. The third-order valence-corrected chi connectivity index (χ3v) is 4.80. The molecule has 3 rings (SSSR count). The monoisotopic (exact) mass is 345 g/mol. The molecule has 0 aromatic carbocycles. The van der Waals surface area contributed by atoms with Gasteiger partial charge in [-0.3, -0.25) is 19.3 Å². The number of carbonyl (C=O) groups is 3. The highest BCUT2D eigenvalue weighted by Crippen LogP contribution is 2.48. The minimum atomic E-state index is -0.813. The molecule has 3 amide bonds. The fourth-order valence-electron chi connectivity index (χ4n) is 3.70. The fraction of sp³-hybridized carbons (Fsp3) is 0.800. The number of imide groups is 1. The van der Waals surface area contributed by atoms with E-state index in [2.05, 4.69) is 5.32 Å². The highest BCUT2D eigenvalue weighted by molar-refractivity contribution is 6.09. The first kappa shape index (κ1) is 18.2. The third kappa shape index (κ3) is 2.97. The molecule has 0 radical (unpaired) electrons. The number of hydrogen-bond acceptors (Lipinski definition) is 5. The van der Waals surface area contributed by atoms with Crippen molar-refractivity contribution < 1.29 is 19.1 Å². The van der Waals surface area contributed by atoms with Gasteiger partial charge in [0.15, 0.2) is 0 Å². The fourth-order valence-corrected chi connectivity index (χ4v) is 3.70. The highest BCUT2D eigenvalue weighted by atomic mass is 35.5. The summed E-state index contributed by atoms with van der Waals surface area (Å²) in [7, 11) is 0. The SMILES string of the molecule is CC(C(=O)NCC(C)(C)N)N1C(=O)C2C3CCC(O3)C2C1=O.Cl. The van der Waals surface area contributed by atoms with Crippen LogP contribution in [0.25, 0.3) is 0 Å². The number of amides is 3. The number of rotatable bonds is 4. The molecule has 3 fully saturated rings. The summed E-state index contributed by atoms with van der Waals surface area (Å²) in [4.78, 5) is 38.5. The van der Waals surface area contributed by atoms with E-state index in [0.29, 0.717) is 0 Å². The molecule has 5 unspecified atom stereocenters. The van der Waals surface area contributed by atoms with E-state index in [9.17, 15) is 14.4 Å². The van der Waals surface area contributed by atoms with E-state index in [1.54, 1.807) is 20.8 Å². The Morgan fingerprint density at radius 2 is 1.78 bits per heavy atom. The predicted molar refractivity (Wildman–Crippen MR) is 84.7 cm³/mol. The second-order valence-corrected chi connectivity index (χ2v) is 7.27. The molecule has 0 aromatic heterocycles. The zero-order chi connectivity index (χ0) is 16.2. The quantitative estimate of drug-likeness (QED) is 0.688. The summed E-state index contributed by atoms with van der Waals surface area (Å²) in [6.45, 7) is 5.46. The van der Waals surface area contributed by atoms with E-state index in [1.165, 1.54) is 0 Å². The minimum absolute atomic E-state index is 0. The maximum absolute atomic E-state index is 12.6. The molecule has 7 nitrogen and oxygen atoms in total. The molecule has 3 N–H and O–H groups in total. The molecule has 3 aliphatic rings. The molecule has 0 saturated carbocycles. The largest absolute Gasteiger partial charge is 0.373 e. The van der Waals surface area contributed by atoms with Gasteiger partial charge in [0.2, 0.25) is 17.7 Å². The van der Waals surface area contributed by atoms with Gasteiger partial charge in [-0.15, -0.1) is 12.4 Å². The third-order valence-electron chi connectivity index (χ3n) is 4.80. The van der Waals surface area contributed by atoms with Crippen LogP contribution in [0.5, 0.6) is 0 Å². The zero-order valence-electron chi connectivity index (χ0n) is 13.6. The summed E-state index contributed by atoms with van der Waals surface area (Å²) in [6, 6.07) is -0.813. The van der Waals surface area contributed by atoms with Crippen LogP contribution in [-0.2, 0) is 19.1 Å². The molecule has 3 saturated heterocycles. The Morgan fingerprint density at radius 3 is 2.22 bits per heavy atom. The van der Waals surface area contributed by atoms with Crippen LogP contribution in [-0.4, -0.2) is 53.0 Å². The van der Waals surface area contributed by atoms with E-state index in [-0.39, 0.29) is 48.9 Å². The normalized spacial score (nSPS) is 33.5. The van der Waals surface area contributed by atoms with Crippen LogP contribution in [0.3, 0.4) is 0 Å². The number of ether oxygens (including phenoxy) is 1. The van der Waals surface area contributed by atoms with Gasteiger partial charge < -0.3 is 15.8 Å². The first-order chi connectivity index (χ1) is 10.2. The molecule has 2 bridgehead atoms. The average molecular weight is 346 g/mol. The molecular weight excluding hydrogens is 322 g/mol. The highest BCUT2D eigenvalue weighted by Gasteiger charge is 2.63. The van der Waals surface area contributed by atoms with Crippen LogP contribution in [0.2, 0.25) is 0 Å². The Balaban J connectivity index is 0.00000192. The number of nitrogens with two attached hydrogens (primary N) is 1. The summed E-state index contributed by atoms with van der Waals surface area (Å²) in [6.07, 6.45) is 1.32. The number of carbonyl (C=O) groups excluding carboxylic acids is 3. The number of fused-ring (bicyclic) bond motifs is 5. The van der Waals surface area contributed by atoms with Crippen molar-refractivity contribution in [2.45, 2.75) is 57.4 Å². The van der Waals surface area contributed by atoms with Gasteiger partial charge in [-0.05, 0) is 33.6 Å². The second-order valence-electron chi connectivity index (χ2n) is 7.27. The summed E-state index contributed by atoms with van der Waals surface area (Å²) >= 11 is 0. The minimum Gasteiger partial charge on any atom is -0.373 e. The van der Waals surface area contributed by atoms with Gasteiger partial charge in [-0.25, -0.2) is 0 Å². The van der Waals surface area contributed by atoms with Gasteiger partial charge >= 0.3 is 0 Å². The lowest BCUT2D eigenvalue weighted by molar-refractivity contribution is -0.149. The summed E-state index contributed by atoms with van der Waals surface area (Å²) in [5.74, 6) is -1.68. The Kier molecular flexibility index (Phi) is 4.76. The van der Waals surface area contributed by atoms with Gasteiger partial charge in [0.25, 0.3) is 0 Å². The van der Waals surface area contributed by atoms with E-state index >= 15 is 0 Å². The van der Waals surface area contributed by atoms with Gasteiger partial charge in [0.05, 0.1) is 24.0 Å². The van der Waals surface area contributed by atoms with E-state index in [1.807, 2.05) is 0 Å². The van der Waals surface area contributed by atoms with Gasteiger partial charge in [-0.2, -0.15) is 0 Å². The van der Waals surface area contributed by atoms with E-state index in [4.69, 9.17) is 10.5 Å². The van der Waals surface area contributed by atoms with Crippen LogP contribution in [0.4, 0.5) is 0 Å². The topological polar surface area (TPSA) is 102 Å². The molecule has 3 aliphatic heterocycles.